The van der Waals surface area contributed by atoms with Gasteiger partial charge in [-0.05, 0) is 37.0 Å². The zero-order chi connectivity index (χ0) is 19.4. The number of nitrogens with zero attached hydrogens (tertiary/aromatic N) is 2. The maximum atomic E-state index is 12.9. The normalized spacial score (nSPS) is 22.5. The number of hydrogen-bond acceptors (Lipinski definition) is 5. The first-order valence-corrected chi connectivity index (χ1v) is 11.1. The van der Waals surface area contributed by atoms with E-state index in [9.17, 15) is 13.2 Å². The van der Waals surface area contributed by atoms with E-state index in [4.69, 9.17) is 27.9 Å². The fourth-order valence-electron chi connectivity index (χ4n) is 3.40. The molecule has 27 heavy (non-hydrogen) atoms. The summed E-state index contributed by atoms with van der Waals surface area (Å²) in [7, 11) is -3.70. The largest absolute Gasteiger partial charge is 0.379 e. The van der Waals surface area contributed by atoms with Gasteiger partial charge in [-0.1, -0.05) is 23.2 Å². The number of hydrazine groups is 1. The van der Waals surface area contributed by atoms with Crippen LogP contribution in [0.5, 0.6) is 0 Å². The van der Waals surface area contributed by atoms with Crippen molar-refractivity contribution >= 4 is 39.1 Å². The van der Waals surface area contributed by atoms with Crippen LogP contribution in [0.15, 0.2) is 23.1 Å². The molecule has 2 aliphatic heterocycles. The third-order valence-corrected chi connectivity index (χ3v) is 7.00. The lowest BCUT2D eigenvalue weighted by Gasteiger charge is -2.32. The Morgan fingerprint density at radius 2 is 1.81 bits per heavy atom. The van der Waals surface area contributed by atoms with E-state index in [0.717, 1.165) is 6.42 Å². The molecule has 2 saturated heterocycles. The second-order valence-corrected chi connectivity index (χ2v) is 9.63. The van der Waals surface area contributed by atoms with E-state index in [2.05, 4.69) is 5.43 Å². The van der Waals surface area contributed by atoms with Gasteiger partial charge < -0.3 is 4.74 Å². The number of amides is 1. The van der Waals surface area contributed by atoms with Crippen LogP contribution in [0.3, 0.4) is 0 Å². The van der Waals surface area contributed by atoms with Crippen LogP contribution in [0.25, 0.3) is 0 Å². The van der Waals surface area contributed by atoms with Gasteiger partial charge in [0.15, 0.2) is 0 Å². The van der Waals surface area contributed by atoms with Gasteiger partial charge in [0.25, 0.3) is 0 Å². The molecule has 0 aromatic heterocycles. The third-order valence-electron chi connectivity index (χ3n) is 4.72. The lowest BCUT2D eigenvalue weighted by molar-refractivity contribution is -0.129. The summed E-state index contributed by atoms with van der Waals surface area (Å²) in [4.78, 5) is 12.4. The van der Waals surface area contributed by atoms with E-state index in [1.165, 1.54) is 22.5 Å². The SMILES string of the molecule is O=C(CC1CCCN(S(=O)(=O)c2cc(Cl)cc(Cl)c2)C1)NN1CCOCC1. The van der Waals surface area contributed by atoms with E-state index in [1.807, 2.05) is 5.01 Å². The molecule has 150 valence electrons. The minimum Gasteiger partial charge on any atom is -0.379 e. The predicted octanol–water partition coefficient (Wildman–Crippen LogP) is 2.15. The van der Waals surface area contributed by atoms with Gasteiger partial charge in [0.2, 0.25) is 15.9 Å². The molecule has 0 aliphatic carbocycles. The van der Waals surface area contributed by atoms with Gasteiger partial charge in [0.05, 0.1) is 18.1 Å². The fraction of sp³-hybridized carbons (Fsp3) is 0.588. The smallest absolute Gasteiger partial charge is 0.243 e. The molecule has 1 aromatic rings. The van der Waals surface area contributed by atoms with Crippen LogP contribution in [0.2, 0.25) is 10.0 Å². The number of piperidine rings is 1. The summed E-state index contributed by atoms with van der Waals surface area (Å²) in [5.74, 6) is -0.115. The monoisotopic (exact) mass is 435 g/mol. The average Bonchev–Trinajstić information content (AvgIpc) is 2.62. The quantitative estimate of drug-likeness (QED) is 0.766. The number of ether oxygens (including phenoxy) is 1. The van der Waals surface area contributed by atoms with Gasteiger partial charge in [-0.3, -0.25) is 10.2 Å². The van der Waals surface area contributed by atoms with Crippen LogP contribution in [-0.4, -0.2) is 63.0 Å². The molecule has 2 fully saturated rings. The molecule has 2 aliphatic rings. The maximum absolute atomic E-state index is 12.9. The summed E-state index contributed by atoms with van der Waals surface area (Å²) < 4.78 is 32.5. The van der Waals surface area contributed by atoms with E-state index in [-0.39, 0.29) is 26.8 Å². The number of hydrogen-bond donors (Lipinski definition) is 1. The highest BCUT2D eigenvalue weighted by Gasteiger charge is 2.31. The summed E-state index contributed by atoms with van der Waals surface area (Å²) in [6.45, 7) is 3.24. The van der Waals surface area contributed by atoms with Crippen molar-refractivity contribution in [3.63, 3.8) is 0 Å². The van der Waals surface area contributed by atoms with Crippen molar-refractivity contribution in [2.75, 3.05) is 39.4 Å². The maximum Gasteiger partial charge on any atom is 0.243 e. The fourth-order valence-corrected chi connectivity index (χ4v) is 5.68. The lowest BCUT2D eigenvalue weighted by Crippen LogP contribution is -2.49. The molecule has 0 spiro atoms. The first-order chi connectivity index (χ1) is 12.8. The van der Waals surface area contributed by atoms with Crippen LogP contribution in [0, 0.1) is 5.92 Å². The number of rotatable bonds is 5. The van der Waals surface area contributed by atoms with Crippen molar-refractivity contribution in [1.29, 1.82) is 0 Å². The van der Waals surface area contributed by atoms with Crippen molar-refractivity contribution in [2.24, 2.45) is 5.92 Å². The highest BCUT2D eigenvalue weighted by atomic mass is 35.5. The molecule has 0 bridgehead atoms. The van der Waals surface area contributed by atoms with Crippen molar-refractivity contribution in [3.8, 4) is 0 Å². The molecule has 10 heteroatoms. The summed E-state index contributed by atoms with van der Waals surface area (Å²) in [5.41, 5.74) is 2.88. The van der Waals surface area contributed by atoms with E-state index in [1.54, 1.807) is 0 Å². The van der Waals surface area contributed by atoms with Crippen molar-refractivity contribution in [1.82, 2.24) is 14.7 Å². The van der Waals surface area contributed by atoms with Gasteiger partial charge in [0, 0.05) is 42.6 Å². The van der Waals surface area contributed by atoms with Crippen LogP contribution < -0.4 is 5.43 Å². The number of halogens is 2. The standard InChI is InChI=1S/C17H23Cl2N3O4S/c18-14-9-15(19)11-16(10-14)27(24,25)22-3-1-2-13(12-22)8-17(23)20-21-4-6-26-7-5-21/h9-11,13H,1-8,12H2,(H,20,23). The first kappa shape index (κ1) is 20.8. The third kappa shape index (κ3) is 5.56. The number of carbonyl (C=O) groups excluding carboxylic acids is 1. The molecule has 2 heterocycles. The molecule has 1 amide bonds. The van der Waals surface area contributed by atoms with Gasteiger partial charge >= 0.3 is 0 Å². The Kier molecular flexibility index (Phi) is 6.99. The number of morpholine rings is 1. The van der Waals surface area contributed by atoms with E-state index < -0.39 is 10.0 Å². The Labute approximate surface area is 169 Å². The first-order valence-electron chi connectivity index (χ1n) is 8.93. The Hall–Kier alpha value is -0.900. The average molecular weight is 436 g/mol. The van der Waals surface area contributed by atoms with Crippen LogP contribution in [0.1, 0.15) is 19.3 Å². The van der Waals surface area contributed by atoms with Gasteiger partial charge in [0.1, 0.15) is 0 Å². The molecular formula is C17H23Cl2N3O4S. The molecule has 0 saturated carbocycles. The minimum absolute atomic E-state index is 0.0239. The topological polar surface area (TPSA) is 79.0 Å². The number of benzene rings is 1. The Morgan fingerprint density at radius 3 is 2.48 bits per heavy atom. The van der Waals surface area contributed by atoms with Gasteiger partial charge in [-0.15, -0.1) is 0 Å². The number of nitrogens with one attached hydrogen (secondary N) is 1. The van der Waals surface area contributed by atoms with Crippen LogP contribution >= 0.6 is 23.2 Å². The molecular weight excluding hydrogens is 413 g/mol. The zero-order valence-corrected chi connectivity index (χ0v) is 17.2. The van der Waals surface area contributed by atoms with Crippen molar-refractivity contribution in [3.05, 3.63) is 28.2 Å². The number of carbonyl (C=O) groups is 1. The minimum atomic E-state index is -3.70. The Bertz CT molecular complexity index is 764. The highest BCUT2D eigenvalue weighted by molar-refractivity contribution is 7.89. The van der Waals surface area contributed by atoms with E-state index in [0.29, 0.717) is 52.2 Å². The molecule has 0 radical (unpaired) electrons. The van der Waals surface area contributed by atoms with Gasteiger partial charge in [-0.25, -0.2) is 13.4 Å². The lowest BCUT2D eigenvalue weighted by atomic mass is 9.96. The zero-order valence-electron chi connectivity index (χ0n) is 14.9. The van der Waals surface area contributed by atoms with Crippen molar-refractivity contribution < 1.29 is 17.9 Å². The number of sulfonamides is 1. The highest BCUT2D eigenvalue weighted by Crippen LogP contribution is 2.28. The second kappa shape index (κ2) is 9.07. The predicted molar refractivity (Wildman–Crippen MR) is 103 cm³/mol. The molecule has 1 atom stereocenters. The summed E-state index contributed by atoms with van der Waals surface area (Å²) in [6, 6.07) is 4.30. The summed E-state index contributed by atoms with van der Waals surface area (Å²) >= 11 is 11.9. The second-order valence-electron chi connectivity index (χ2n) is 6.81. The summed E-state index contributed by atoms with van der Waals surface area (Å²) in [6.07, 6.45) is 1.82. The molecule has 1 N–H and O–H groups in total. The molecule has 3 rings (SSSR count). The molecule has 7 nitrogen and oxygen atoms in total. The van der Waals surface area contributed by atoms with Gasteiger partial charge in [-0.2, -0.15) is 4.31 Å². The van der Waals surface area contributed by atoms with E-state index >= 15 is 0 Å². The Balaban J connectivity index is 1.62. The molecule has 1 aromatic carbocycles. The van der Waals surface area contributed by atoms with Crippen molar-refractivity contribution in [2.45, 2.75) is 24.2 Å². The Morgan fingerprint density at radius 1 is 1.15 bits per heavy atom. The van der Waals surface area contributed by atoms with Crippen LogP contribution in [0.4, 0.5) is 0 Å². The summed E-state index contributed by atoms with van der Waals surface area (Å²) in [5, 5.41) is 2.40. The van der Waals surface area contributed by atoms with Crippen LogP contribution in [-0.2, 0) is 19.6 Å². The molecule has 1 unspecified atom stereocenters.